The molecule has 0 fully saturated rings. The van der Waals surface area contributed by atoms with Gasteiger partial charge in [0.05, 0.1) is 36.8 Å². The van der Waals surface area contributed by atoms with E-state index in [4.69, 9.17) is 14.2 Å². The van der Waals surface area contributed by atoms with Gasteiger partial charge in [-0.15, -0.1) is 22.7 Å². The molecule has 0 radical (unpaired) electrons. The summed E-state index contributed by atoms with van der Waals surface area (Å²) in [6.07, 6.45) is 0. The minimum absolute atomic E-state index is 0.539. The SMILES string of the molecule is COc1ccc(COCc2ccc(OC)c3sc4ccccc4c23)c2c1sc1ccccc12. The number of fused-ring (bicyclic) bond motifs is 6. The van der Waals surface area contributed by atoms with Crippen LogP contribution in [0.4, 0.5) is 0 Å². The Kier molecular flexibility index (Phi) is 5.18. The van der Waals surface area contributed by atoms with Gasteiger partial charge in [0.25, 0.3) is 0 Å². The van der Waals surface area contributed by atoms with Crippen molar-refractivity contribution in [3.05, 3.63) is 83.9 Å². The van der Waals surface area contributed by atoms with E-state index in [-0.39, 0.29) is 0 Å². The molecule has 5 heteroatoms. The Morgan fingerprint density at radius 1 is 0.576 bits per heavy atom. The first-order chi connectivity index (χ1) is 16.3. The van der Waals surface area contributed by atoms with E-state index in [0.29, 0.717) is 13.2 Å². The Hall–Kier alpha value is -3.12. The topological polar surface area (TPSA) is 27.7 Å². The lowest BCUT2D eigenvalue weighted by molar-refractivity contribution is 0.109. The number of benzene rings is 4. The lowest BCUT2D eigenvalue weighted by Gasteiger charge is -2.11. The first kappa shape index (κ1) is 20.5. The molecule has 164 valence electrons. The number of rotatable bonds is 6. The highest BCUT2D eigenvalue weighted by molar-refractivity contribution is 7.26. The summed E-state index contributed by atoms with van der Waals surface area (Å²) in [4.78, 5) is 0. The molecule has 2 aromatic heterocycles. The highest BCUT2D eigenvalue weighted by Crippen LogP contribution is 2.43. The van der Waals surface area contributed by atoms with Crippen LogP contribution in [0, 0.1) is 0 Å². The van der Waals surface area contributed by atoms with Gasteiger partial charge in [0.2, 0.25) is 0 Å². The maximum atomic E-state index is 6.33. The average molecular weight is 471 g/mol. The van der Waals surface area contributed by atoms with Crippen LogP contribution in [0.25, 0.3) is 40.3 Å². The van der Waals surface area contributed by atoms with Crippen molar-refractivity contribution >= 4 is 63.0 Å². The molecule has 33 heavy (non-hydrogen) atoms. The van der Waals surface area contributed by atoms with Crippen molar-refractivity contribution in [2.45, 2.75) is 13.2 Å². The lowest BCUT2D eigenvalue weighted by Crippen LogP contribution is -1.96. The second kappa shape index (κ2) is 8.34. The molecule has 0 unspecified atom stereocenters. The molecule has 4 aromatic carbocycles. The molecule has 0 N–H and O–H groups in total. The fraction of sp³-hybridized carbons (Fsp3) is 0.143. The predicted octanol–water partition coefficient (Wildman–Crippen LogP) is 8.16. The van der Waals surface area contributed by atoms with Gasteiger partial charge in [0.15, 0.2) is 0 Å². The normalized spacial score (nSPS) is 11.7. The molecule has 0 saturated carbocycles. The maximum Gasteiger partial charge on any atom is 0.136 e. The summed E-state index contributed by atoms with van der Waals surface area (Å²) in [6, 6.07) is 25.4. The third-order valence-electron chi connectivity index (χ3n) is 6.11. The molecule has 6 rings (SSSR count). The first-order valence-electron chi connectivity index (χ1n) is 10.8. The minimum atomic E-state index is 0.539. The Balaban J connectivity index is 1.37. The summed E-state index contributed by atoms with van der Waals surface area (Å²) in [5, 5.41) is 4.97. The van der Waals surface area contributed by atoms with Crippen LogP contribution in [-0.2, 0) is 18.0 Å². The van der Waals surface area contributed by atoms with Crippen LogP contribution < -0.4 is 9.47 Å². The summed E-state index contributed by atoms with van der Waals surface area (Å²) in [5.41, 5.74) is 2.37. The van der Waals surface area contributed by atoms with Crippen molar-refractivity contribution in [1.29, 1.82) is 0 Å². The Bertz CT molecular complexity index is 1510. The molecule has 0 saturated heterocycles. The first-order valence-corrected chi connectivity index (χ1v) is 12.4. The second-order valence-electron chi connectivity index (χ2n) is 7.95. The van der Waals surface area contributed by atoms with Crippen molar-refractivity contribution in [1.82, 2.24) is 0 Å². The number of hydrogen-bond acceptors (Lipinski definition) is 5. The Morgan fingerprint density at radius 2 is 1.03 bits per heavy atom. The summed E-state index contributed by atoms with van der Waals surface area (Å²) < 4.78 is 22.5. The van der Waals surface area contributed by atoms with Gasteiger partial charge in [-0.1, -0.05) is 48.5 Å². The molecule has 0 aliphatic heterocycles. The van der Waals surface area contributed by atoms with Crippen LogP contribution in [0.3, 0.4) is 0 Å². The van der Waals surface area contributed by atoms with E-state index in [9.17, 15) is 0 Å². The standard InChI is InChI=1S/C28H22O3S2/c1-29-21-13-11-17(25-19-7-3-5-9-23(19)32-27(21)25)15-31-16-18-12-14-22(30-2)28-26(18)20-8-4-6-10-24(20)33-28/h3-14H,15-16H2,1-2H3. The van der Waals surface area contributed by atoms with E-state index >= 15 is 0 Å². The van der Waals surface area contributed by atoms with Crippen LogP contribution in [-0.4, -0.2) is 14.2 Å². The van der Waals surface area contributed by atoms with Gasteiger partial charge >= 0.3 is 0 Å². The van der Waals surface area contributed by atoms with Crippen molar-refractivity contribution in [2.24, 2.45) is 0 Å². The van der Waals surface area contributed by atoms with Gasteiger partial charge in [0, 0.05) is 30.9 Å². The Labute approximate surface area is 199 Å². The quantitative estimate of drug-likeness (QED) is 0.246. The van der Waals surface area contributed by atoms with Crippen molar-refractivity contribution < 1.29 is 14.2 Å². The highest BCUT2D eigenvalue weighted by Gasteiger charge is 2.16. The van der Waals surface area contributed by atoms with Crippen molar-refractivity contribution in [2.75, 3.05) is 14.2 Å². The van der Waals surface area contributed by atoms with Crippen LogP contribution in [0.15, 0.2) is 72.8 Å². The van der Waals surface area contributed by atoms with Crippen LogP contribution in [0.1, 0.15) is 11.1 Å². The molecule has 0 bridgehead atoms. The summed E-state index contributed by atoms with van der Waals surface area (Å²) in [6.45, 7) is 1.08. The number of thiophene rings is 2. The smallest absolute Gasteiger partial charge is 0.136 e. The average Bonchev–Trinajstić information content (AvgIpc) is 3.44. The van der Waals surface area contributed by atoms with Crippen LogP contribution in [0.5, 0.6) is 11.5 Å². The van der Waals surface area contributed by atoms with Crippen molar-refractivity contribution in [3.63, 3.8) is 0 Å². The van der Waals surface area contributed by atoms with E-state index in [0.717, 1.165) is 11.5 Å². The summed E-state index contributed by atoms with van der Waals surface area (Å²) in [7, 11) is 3.46. The van der Waals surface area contributed by atoms with E-state index < -0.39 is 0 Å². The summed E-state index contributed by atoms with van der Waals surface area (Å²) >= 11 is 3.54. The van der Waals surface area contributed by atoms with Gasteiger partial charge in [-0.3, -0.25) is 0 Å². The maximum absolute atomic E-state index is 6.33. The molecule has 0 spiro atoms. The van der Waals surface area contributed by atoms with Gasteiger partial charge in [-0.2, -0.15) is 0 Å². The van der Waals surface area contributed by atoms with Crippen molar-refractivity contribution in [3.8, 4) is 11.5 Å². The van der Waals surface area contributed by atoms with Gasteiger partial charge in [-0.25, -0.2) is 0 Å². The molecule has 0 atom stereocenters. The van der Waals surface area contributed by atoms with Crippen LogP contribution >= 0.6 is 22.7 Å². The fourth-order valence-corrected chi connectivity index (χ4v) is 7.06. The van der Waals surface area contributed by atoms with E-state index in [2.05, 4.69) is 60.7 Å². The highest BCUT2D eigenvalue weighted by atomic mass is 32.1. The van der Waals surface area contributed by atoms with E-state index in [1.165, 1.54) is 51.5 Å². The zero-order valence-electron chi connectivity index (χ0n) is 18.4. The second-order valence-corrected chi connectivity index (χ2v) is 10.1. The number of methoxy groups -OCH3 is 2. The fourth-order valence-electron chi connectivity index (χ4n) is 4.58. The summed E-state index contributed by atoms with van der Waals surface area (Å²) in [5.74, 6) is 1.83. The molecule has 3 nitrogen and oxygen atoms in total. The van der Waals surface area contributed by atoms with E-state index in [1.54, 1.807) is 36.9 Å². The molecule has 0 amide bonds. The zero-order valence-corrected chi connectivity index (χ0v) is 20.0. The molecule has 6 aromatic rings. The van der Waals surface area contributed by atoms with Gasteiger partial charge in [-0.05, 0) is 35.4 Å². The number of ether oxygens (including phenoxy) is 3. The Morgan fingerprint density at radius 3 is 1.48 bits per heavy atom. The molecule has 2 heterocycles. The third kappa shape index (κ3) is 3.35. The molecule has 0 aliphatic carbocycles. The largest absolute Gasteiger partial charge is 0.495 e. The molecule has 0 aliphatic rings. The zero-order chi connectivity index (χ0) is 22.4. The van der Waals surface area contributed by atoms with Gasteiger partial charge < -0.3 is 14.2 Å². The van der Waals surface area contributed by atoms with Crippen LogP contribution in [0.2, 0.25) is 0 Å². The third-order valence-corrected chi connectivity index (χ3v) is 8.48. The predicted molar refractivity (Wildman–Crippen MR) is 140 cm³/mol. The lowest BCUT2D eigenvalue weighted by atomic mass is 10.1. The molecular formula is C28H22O3S2. The van der Waals surface area contributed by atoms with Gasteiger partial charge in [0.1, 0.15) is 11.5 Å². The number of hydrogen-bond donors (Lipinski definition) is 0. The minimum Gasteiger partial charge on any atom is -0.495 e. The molecular weight excluding hydrogens is 448 g/mol. The monoisotopic (exact) mass is 470 g/mol. The van der Waals surface area contributed by atoms with E-state index in [1.807, 2.05) is 12.1 Å².